The standard InChI is InChI=1S/C16H17ClF3NO3/c17-13-2-1-10(16(18,19)20)5-12(13)14(23)21-6-11-7-24-4-3-15(11,8-21)9-22/h1-2,5,11,22H,3-4,6-9H2/t11-,15-/m1/s1. The van der Waals surface area contributed by atoms with Gasteiger partial charge in [0.15, 0.2) is 0 Å². The molecule has 0 saturated carbocycles. The fourth-order valence-electron chi connectivity index (χ4n) is 3.50. The summed E-state index contributed by atoms with van der Waals surface area (Å²) in [4.78, 5) is 14.2. The Morgan fingerprint density at radius 1 is 1.46 bits per heavy atom. The summed E-state index contributed by atoms with van der Waals surface area (Å²) >= 11 is 5.95. The van der Waals surface area contributed by atoms with Gasteiger partial charge < -0.3 is 14.7 Å². The van der Waals surface area contributed by atoms with Crippen LogP contribution in [0.4, 0.5) is 13.2 Å². The third kappa shape index (κ3) is 3.00. The molecule has 4 nitrogen and oxygen atoms in total. The zero-order chi connectivity index (χ0) is 17.5. The first kappa shape index (κ1) is 17.5. The molecule has 3 rings (SSSR count). The molecule has 2 saturated heterocycles. The smallest absolute Gasteiger partial charge is 0.396 e. The number of carbonyl (C=O) groups excluding carboxylic acids is 1. The van der Waals surface area contributed by atoms with E-state index in [0.29, 0.717) is 32.7 Å². The fraction of sp³-hybridized carbons (Fsp3) is 0.562. The molecule has 0 aliphatic carbocycles. The molecule has 24 heavy (non-hydrogen) atoms. The lowest BCUT2D eigenvalue weighted by molar-refractivity contribution is -0.137. The first-order chi connectivity index (χ1) is 11.3. The molecular formula is C16H17ClF3NO3. The normalized spacial score (nSPS) is 27.2. The van der Waals surface area contributed by atoms with Gasteiger partial charge in [-0.25, -0.2) is 0 Å². The third-order valence-corrected chi connectivity index (χ3v) is 5.33. The van der Waals surface area contributed by atoms with Crippen LogP contribution < -0.4 is 0 Å². The molecule has 2 heterocycles. The van der Waals surface area contributed by atoms with E-state index in [-0.39, 0.29) is 23.1 Å². The van der Waals surface area contributed by atoms with Gasteiger partial charge in [-0.3, -0.25) is 4.79 Å². The van der Waals surface area contributed by atoms with E-state index >= 15 is 0 Å². The number of halogens is 4. The highest BCUT2D eigenvalue weighted by Gasteiger charge is 2.49. The maximum Gasteiger partial charge on any atom is 0.416 e. The number of hydrogen-bond donors (Lipinski definition) is 1. The molecular weight excluding hydrogens is 347 g/mol. The summed E-state index contributed by atoms with van der Waals surface area (Å²) < 4.78 is 44.0. The predicted octanol–water partition coefficient (Wildman–Crippen LogP) is 2.83. The van der Waals surface area contributed by atoms with Crippen LogP contribution in [0.1, 0.15) is 22.3 Å². The molecule has 0 radical (unpaired) electrons. The fourth-order valence-corrected chi connectivity index (χ4v) is 3.69. The van der Waals surface area contributed by atoms with Crippen LogP contribution in [0.2, 0.25) is 5.02 Å². The Labute approximate surface area is 142 Å². The minimum absolute atomic E-state index is 0.0165. The largest absolute Gasteiger partial charge is 0.416 e. The third-order valence-electron chi connectivity index (χ3n) is 5.00. The number of rotatable bonds is 2. The highest BCUT2D eigenvalue weighted by Crippen LogP contribution is 2.42. The molecule has 2 fully saturated rings. The van der Waals surface area contributed by atoms with E-state index < -0.39 is 23.1 Å². The average Bonchev–Trinajstić information content (AvgIpc) is 2.93. The van der Waals surface area contributed by atoms with Crippen LogP contribution in [0.15, 0.2) is 18.2 Å². The van der Waals surface area contributed by atoms with E-state index in [9.17, 15) is 23.1 Å². The van der Waals surface area contributed by atoms with E-state index in [1.54, 1.807) is 0 Å². The van der Waals surface area contributed by atoms with Gasteiger partial charge in [0, 0.05) is 31.0 Å². The maximum atomic E-state index is 12.9. The molecule has 1 N–H and O–H groups in total. The second-order valence-corrected chi connectivity index (χ2v) is 6.83. The topological polar surface area (TPSA) is 49.8 Å². The number of fused-ring (bicyclic) bond motifs is 1. The van der Waals surface area contributed by atoms with Crippen molar-refractivity contribution in [2.75, 3.05) is 32.9 Å². The zero-order valence-corrected chi connectivity index (χ0v) is 13.5. The van der Waals surface area contributed by atoms with Crippen molar-refractivity contribution in [2.45, 2.75) is 12.6 Å². The van der Waals surface area contributed by atoms with Gasteiger partial charge in [0.25, 0.3) is 5.91 Å². The van der Waals surface area contributed by atoms with Gasteiger partial charge in [0.05, 0.1) is 29.4 Å². The van der Waals surface area contributed by atoms with Crippen molar-refractivity contribution in [1.29, 1.82) is 0 Å². The monoisotopic (exact) mass is 363 g/mol. The van der Waals surface area contributed by atoms with Crippen LogP contribution >= 0.6 is 11.6 Å². The predicted molar refractivity (Wildman–Crippen MR) is 80.8 cm³/mol. The summed E-state index contributed by atoms with van der Waals surface area (Å²) in [6, 6.07) is 2.73. The summed E-state index contributed by atoms with van der Waals surface area (Å²) in [5.41, 5.74) is -1.52. The number of benzene rings is 1. The molecule has 0 aromatic heterocycles. The van der Waals surface area contributed by atoms with Gasteiger partial charge in [-0.2, -0.15) is 13.2 Å². The number of amides is 1. The summed E-state index contributed by atoms with van der Waals surface area (Å²) in [6.45, 7) is 1.49. The van der Waals surface area contributed by atoms with Crippen molar-refractivity contribution in [2.24, 2.45) is 11.3 Å². The van der Waals surface area contributed by atoms with Gasteiger partial charge in [-0.15, -0.1) is 0 Å². The average molecular weight is 364 g/mol. The Morgan fingerprint density at radius 2 is 2.21 bits per heavy atom. The van der Waals surface area contributed by atoms with Gasteiger partial charge in [0.1, 0.15) is 0 Å². The van der Waals surface area contributed by atoms with Crippen molar-refractivity contribution in [3.05, 3.63) is 34.3 Å². The van der Waals surface area contributed by atoms with E-state index in [4.69, 9.17) is 16.3 Å². The molecule has 1 aromatic rings. The second-order valence-electron chi connectivity index (χ2n) is 6.42. The number of hydrogen-bond acceptors (Lipinski definition) is 3. The van der Waals surface area contributed by atoms with Gasteiger partial charge >= 0.3 is 6.18 Å². The van der Waals surface area contributed by atoms with Crippen molar-refractivity contribution in [1.82, 2.24) is 4.90 Å². The Morgan fingerprint density at radius 3 is 2.83 bits per heavy atom. The summed E-state index contributed by atoms with van der Waals surface area (Å²) in [7, 11) is 0. The number of alkyl halides is 3. The zero-order valence-electron chi connectivity index (χ0n) is 12.8. The van der Waals surface area contributed by atoms with Crippen molar-refractivity contribution in [3.63, 3.8) is 0 Å². The molecule has 2 aliphatic rings. The minimum atomic E-state index is -4.54. The number of ether oxygens (including phenoxy) is 1. The summed E-state index contributed by atoms with van der Waals surface area (Å²) in [5.74, 6) is -0.571. The highest BCUT2D eigenvalue weighted by atomic mass is 35.5. The minimum Gasteiger partial charge on any atom is -0.396 e. The second kappa shape index (κ2) is 6.20. The van der Waals surface area contributed by atoms with Gasteiger partial charge in [0.2, 0.25) is 0 Å². The Hall–Kier alpha value is -1.31. The van der Waals surface area contributed by atoms with Crippen LogP contribution in [-0.4, -0.2) is 48.8 Å². The first-order valence-corrected chi connectivity index (χ1v) is 7.99. The molecule has 1 aromatic carbocycles. The SMILES string of the molecule is O=C(c1cc(C(F)(F)F)ccc1Cl)N1C[C@@H]2COCC[C@]2(CO)C1. The van der Waals surface area contributed by atoms with Crippen molar-refractivity contribution < 1.29 is 27.8 Å². The summed E-state index contributed by atoms with van der Waals surface area (Å²) in [6.07, 6.45) is -3.92. The van der Waals surface area contributed by atoms with Crippen molar-refractivity contribution >= 4 is 17.5 Å². The number of likely N-dealkylation sites (tertiary alicyclic amines) is 1. The molecule has 0 bridgehead atoms. The number of carbonyl (C=O) groups is 1. The number of nitrogens with zero attached hydrogens (tertiary/aromatic N) is 1. The molecule has 0 unspecified atom stereocenters. The molecule has 0 spiro atoms. The van der Waals surface area contributed by atoms with Crippen LogP contribution in [0.5, 0.6) is 0 Å². The number of aliphatic hydroxyl groups is 1. The molecule has 132 valence electrons. The lowest BCUT2D eigenvalue weighted by atomic mass is 9.75. The molecule has 8 heteroatoms. The Kier molecular flexibility index (Phi) is 4.53. The van der Waals surface area contributed by atoms with Gasteiger partial charge in [-0.05, 0) is 24.6 Å². The first-order valence-electron chi connectivity index (χ1n) is 7.61. The lowest BCUT2D eigenvalue weighted by Gasteiger charge is -2.36. The number of aliphatic hydroxyl groups excluding tert-OH is 1. The molecule has 2 aliphatic heterocycles. The van der Waals surface area contributed by atoms with E-state index in [1.807, 2.05) is 0 Å². The Balaban J connectivity index is 1.88. The summed E-state index contributed by atoms with van der Waals surface area (Å²) in [5, 5.41) is 9.74. The van der Waals surface area contributed by atoms with Gasteiger partial charge in [-0.1, -0.05) is 11.6 Å². The lowest BCUT2D eigenvalue weighted by Crippen LogP contribution is -2.41. The van der Waals surface area contributed by atoms with Crippen LogP contribution in [0.25, 0.3) is 0 Å². The van der Waals surface area contributed by atoms with E-state index in [0.717, 1.165) is 18.2 Å². The Bertz CT molecular complexity index is 652. The molecule has 2 atom stereocenters. The van der Waals surface area contributed by atoms with E-state index in [2.05, 4.69) is 0 Å². The van der Waals surface area contributed by atoms with Crippen LogP contribution in [-0.2, 0) is 10.9 Å². The van der Waals surface area contributed by atoms with Crippen LogP contribution in [0, 0.1) is 11.3 Å². The quantitative estimate of drug-likeness (QED) is 0.879. The highest BCUT2D eigenvalue weighted by molar-refractivity contribution is 6.33. The van der Waals surface area contributed by atoms with Crippen molar-refractivity contribution in [3.8, 4) is 0 Å². The maximum absolute atomic E-state index is 12.9. The molecule has 1 amide bonds. The van der Waals surface area contributed by atoms with Crippen LogP contribution in [0.3, 0.4) is 0 Å². The van der Waals surface area contributed by atoms with E-state index in [1.165, 1.54) is 4.90 Å².